The topological polar surface area (TPSA) is 67.8 Å². The monoisotopic (exact) mass is 652 g/mol. The molecule has 240 valence electrons. The highest BCUT2D eigenvalue weighted by Crippen LogP contribution is 2.47. The number of thiophene rings is 1. The summed E-state index contributed by atoms with van der Waals surface area (Å²) in [4.78, 5) is 26.6. The fourth-order valence-electron chi connectivity index (χ4n) is 6.54. The molecule has 1 amide bonds. The van der Waals surface area contributed by atoms with Crippen molar-refractivity contribution in [3.8, 4) is 39.4 Å². The van der Waals surface area contributed by atoms with E-state index >= 15 is 4.39 Å². The summed E-state index contributed by atoms with van der Waals surface area (Å²) in [6.07, 6.45) is 4.63. The van der Waals surface area contributed by atoms with Crippen molar-refractivity contribution in [1.29, 1.82) is 0 Å². The second-order valence-corrected chi connectivity index (χ2v) is 12.9. The van der Waals surface area contributed by atoms with Gasteiger partial charge in [-0.25, -0.2) is 13.8 Å². The third-order valence-corrected chi connectivity index (χ3v) is 9.84. The number of methoxy groups -OCH3 is 1. The number of benzene rings is 2. The van der Waals surface area contributed by atoms with Crippen LogP contribution >= 0.6 is 11.3 Å². The number of rotatable bonds is 8. The average Bonchev–Trinajstić information content (AvgIpc) is 3.57. The first-order valence-electron chi connectivity index (χ1n) is 15.6. The van der Waals surface area contributed by atoms with E-state index in [-0.39, 0.29) is 30.4 Å². The largest absolute Gasteiger partial charge is 0.490 e. The lowest BCUT2D eigenvalue weighted by Crippen LogP contribution is -2.35. The van der Waals surface area contributed by atoms with E-state index in [0.717, 1.165) is 58.2 Å². The predicted molar refractivity (Wildman–Crippen MR) is 180 cm³/mol. The smallest absolute Gasteiger partial charge is 0.246 e. The van der Waals surface area contributed by atoms with Crippen molar-refractivity contribution in [3.05, 3.63) is 101 Å². The summed E-state index contributed by atoms with van der Waals surface area (Å²) in [5, 5.41) is 2.83. The van der Waals surface area contributed by atoms with Crippen molar-refractivity contribution >= 4 is 27.3 Å². The molecular formula is C37H34F2N4O3S. The van der Waals surface area contributed by atoms with Crippen LogP contribution in [0.25, 0.3) is 43.7 Å². The molecule has 0 saturated heterocycles. The molecule has 0 atom stereocenters. The van der Waals surface area contributed by atoms with Gasteiger partial charge in [-0.3, -0.25) is 9.78 Å². The maximum atomic E-state index is 16.1. The standard InChI is InChI=1S/C37H34F2N4O3S/c1-4-32(44)43-11-8-30-26(21-43)16-25(19-40-30)36-34(33-29(39)17-27(38)18-31(33)46-13-12-45-3)37-28(9-14-47-37)35(41-36)23-5-6-24-20-42(2)10-7-22(24)15-23/h4-6,9,14-19H,1,7-8,10-13,20-21H2,2-3H3. The molecule has 2 aliphatic rings. The molecule has 7 rings (SSSR count). The Kier molecular flexibility index (Phi) is 8.57. The summed E-state index contributed by atoms with van der Waals surface area (Å²) in [7, 11) is 3.66. The average molecular weight is 653 g/mol. The van der Waals surface area contributed by atoms with E-state index in [9.17, 15) is 9.18 Å². The van der Waals surface area contributed by atoms with Gasteiger partial charge >= 0.3 is 0 Å². The Bertz CT molecular complexity index is 2030. The molecule has 0 bridgehead atoms. The van der Waals surface area contributed by atoms with Crippen LogP contribution in [0.2, 0.25) is 0 Å². The van der Waals surface area contributed by atoms with Crippen molar-refractivity contribution in [3.63, 3.8) is 0 Å². The number of aromatic nitrogens is 2. The van der Waals surface area contributed by atoms with E-state index in [4.69, 9.17) is 19.4 Å². The van der Waals surface area contributed by atoms with Crippen LogP contribution in [0.5, 0.6) is 5.75 Å². The normalized spacial score (nSPS) is 14.6. The minimum atomic E-state index is -0.755. The van der Waals surface area contributed by atoms with Crippen molar-refractivity contribution in [2.45, 2.75) is 25.9 Å². The van der Waals surface area contributed by atoms with Gasteiger partial charge in [-0.15, -0.1) is 11.3 Å². The quantitative estimate of drug-likeness (QED) is 0.132. The number of nitrogens with zero attached hydrogens (tertiary/aromatic N) is 4. The summed E-state index contributed by atoms with van der Waals surface area (Å²) in [6.45, 7) is 6.80. The molecule has 0 spiro atoms. The minimum Gasteiger partial charge on any atom is -0.490 e. The number of likely N-dealkylation sites (N-methyl/N-ethyl adjacent to an activating group) is 1. The van der Waals surface area contributed by atoms with E-state index in [1.54, 1.807) is 11.1 Å². The SMILES string of the molecule is C=CC(=O)N1CCc2ncc(-c3nc(-c4ccc5c(c4)CCN(C)C5)c4ccsc4c3-c3c(F)cc(F)cc3OCCOC)cc2C1. The zero-order chi connectivity index (χ0) is 32.7. The second kappa shape index (κ2) is 12.9. The highest BCUT2D eigenvalue weighted by Gasteiger charge is 2.27. The van der Waals surface area contributed by atoms with Gasteiger partial charge in [0.2, 0.25) is 5.91 Å². The summed E-state index contributed by atoms with van der Waals surface area (Å²) >= 11 is 1.47. The van der Waals surface area contributed by atoms with Gasteiger partial charge in [0, 0.05) is 90.5 Å². The molecule has 10 heteroatoms. The van der Waals surface area contributed by atoms with Gasteiger partial charge < -0.3 is 19.3 Å². The fraction of sp³-hybridized carbons (Fsp3) is 0.270. The third kappa shape index (κ3) is 5.93. The predicted octanol–water partition coefficient (Wildman–Crippen LogP) is 7.05. The highest BCUT2D eigenvalue weighted by molar-refractivity contribution is 7.18. The van der Waals surface area contributed by atoms with Crippen LogP contribution in [0.4, 0.5) is 8.78 Å². The van der Waals surface area contributed by atoms with Gasteiger partial charge in [-0.05, 0) is 59.8 Å². The van der Waals surface area contributed by atoms with Crippen LogP contribution in [0, 0.1) is 11.6 Å². The molecule has 47 heavy (non-hydrogen) atoms. The van der Waals surface area contributed by atoms with Crippen LogP contribution in [0.15, 0.2) is 66.7 Å². The molecule has 2 aromatic carbocycles. The lowest BCUT2D eigenvalue weighted by atomic mass is 9.92. The number of pyridine rings is 2. The van der Waals surface area contributed by atoms with Gasteiger partial charge in [-0.2, -0.15) is 0 Å². The molecule has 7 nitrogen and oxygen atoms in total. The lowest BCUT2D eigenvalue weighted by molar-refractivity contribution is -0.126. The van der Waals surface area contributed by atoms with Crippen molar-refractivity contribution in [2.24, 2.45) is 0 Å². The van der Waals surface area contributed by atoms with Crippen LogP contribution in [-0.4, -0.2) is 66.1 Å². The van der Waals surface area contributed by atoms with Gasteiger partial charge in [-0.1, -0.05) is 18.7 Å². The molecule has 0 unspecified atom stereocenters. The molecule has 0 aliphatic carbocycles. The Balaban J connectivity index is 1.47. The molecule has 2 aliphatic heterocycles. The van der Waals surface area contributed by atoms with Gasteiger partial charge in [0.1, 0.15) is 24.0 Å². The Morgan fingerprint density at radius 2 is 1.83 bits per heavy atom. The first-order valence-corrected chi connectivity index (χ1v) is 16.4. The lowest BCUT2D eigenvalue weighted by Gasteiger charge is -2.28. The van der Waals surface area contributed by atoms with Crippen molar-refractivity contribution in [1.82, 2.24) is 19.8 Å². The van der Waals surface area contributed by atoms with E-state index in [2.05, 4.69) is 36.7 Å². The molecule has 5 aromatic rings. The number of ether oxygens (including phenoxy) is 2. The number of carbonyl (C=O) groups excluding carboxylic acids is 1. The Labute approximate surface area is 276 Å². The summed E-state index contributed by atoms with van der Waals surface area (Å²) < 4.78 is 42.6. The molecule has 0 fully saturated rings. The summed E-state index contributed by atoms with van der Waals surface area (Å²) in [5.41, 5.74) is 7.89. The van der Waals surface area contributed by atoms with Crippen LogP contribution in [0.3, 0.4) is 0 Å². The highest BCUT2D eigenvalue weighted by atomic mass is 32.1. The van der Waals surface area contributed by atoms with Crippen molar-refractivity contribution in [2.75, 3.05) is 40.5 Å². The minimum absolute atomic E-state index is 0.0663. The Morgan fingerprint density at radius 3 is 2.66 bits per heavy atom. The van der Waals surface area contributed by atoms with Crippen LogP contribution in [-0.2, 0) is 35.5 Å². The number of hydrogen-bond donors (Lipinski definition) is 0. The summed E-state index contributed by atoms with van der Waals surface area (Å²) in [5.74, 6) is -1.58. The maximum absolute atomic E-state index is 16.1. The Hall–Kier alpha value is -4.51. The summed E-state index contributed by atoms with van der Waals surface area (Å²) in [6, 6.07) is 12.5. The van der Waals surface area contributed by atoms with E-state index in [1.807, 2.05) is 17.5 Å². The molecule has 0 radical (unpaired) electrons. The van der Waals surface area contributed by atoms with Crippen LogP contribution in [0.1, 0.15) is 22.4 Å². The van der Waals surface area contributed by atoms with Crippen LogP contribution < -0.4 is 4.74 Å². The number of carbonyl (C=O) groups is 1. The second-order valence-electron chi connectivity index (χ2n) is 12.0. The van der Waals surface area contributed by atoms with E-state index in [0.29, 0.717) is 36.3 Å². The first-order chi connectivity index (χ1) is 22.8. The first kappa shape index (κ1) is 31.1. The number of fused-ring (bicyclic) bond motifs is 3. The number of hydrogen-bond acceptors (Lipinski definition) is 7. The molecular weight excluding hydrogens is 618 g/mol. The number of halogens is 2. The van der Waals surface area contributed by atoms with Gasteiger partial charge in [0.05, 0.1) is 23.6 Å². The van der Waals surface area contributed by atoms with Gasteiger partial charge in [0.25, 0.3) is 0 Å². The fourth-order valence-corrected chi connectivity index (χ4v) is 7.49. The third-order valence-electron chi connectivity index (χ3n) is 8.90. The molecule has 0 saturated carbocycles. The molecule has 5 heterocycles. The van der Waals surface area contributed by atoms with Gasteiger partial charge in [0.15, 0.2) is 0 Å². The zero-order valence-corrected chi connectivity index (χ0v) is 27.1. The molecule has 3 aromatic heterocycles. The molecule has 0 N–H and O–H groups in total. The van der Waals surface area contributed by atoms with E-state index in [1.165, 1.54) is 41.7 Å². The zero-order valence-electron chi connectivity index (χ0n) is 26.3. The van der Waals surface area contributed by atoms with E-state index < -0.39 is 11.6 Å². The van der Waals surface area contributed by atoms with Crippen molar-refractivity contribution < 1.29 is 23.0 Å². The maximum Gasteiger partial charge on any atom is 0.246 e. The number of amides is 1. The Morgan fingerprint density at radius 1 is 0.979 bits per heavy atom.